The predicted molar refractivity (Wildman–Crippen MR) is 150 cm³/mol. The van der Waals surface area contributed by atoms with Crippen molar-refractivity contribution in [2.75, 3.05) is 5.32 Å². The minimum Gasteiger partial charge on any atom is -0.439 e. The van der Waals surface area contributed by atoms with Gasteiger partial charge in [-0.2, -0.15) is 5.10 Å². The summed E-state index contributed by atoms with van der Waals surface area (Å²) in [6.45, 7) is 14.0. The molecule has 1 heterocycles. The third-order valence-corrected chi connectivity index (χ3v) is 5.42. The van der Waals surface area contributed by atoms with Crippen LogP contribution in [0.25, 0.3) is 5.69 Å². The molecular weight excluding hydrogens is 488 g/mol. The number of carbonyl (C=O) groups excluding carboxylic acids is 1. The van der Waals surface area contributed by atoms with E-state index in [9.17, 15) is 4.79 Å². The lowest BCUT2D eigenvalue weighted by Gasteiger charge is -2.14. The number of urea groups is 1. The van der Waals surface area contributed by atoms with Crippen LogP contribution in [0.1, 0.15) is 43.2 Å². The van der Waals surface area contributed by atoms with Crippen LogP contribution in [-0.2, 0) is 12.0 Å². The Morgan fingerprint density at radius 2 is 1.84 bits per heavy atom. The van der Waals surface area contributed by atoms with Gasteiger partial charge in [-0.05, 0) is 38.2 Å². The van der Waals surface area contributed by atoms with E-state index in [4.69, 9.17) is 27.2 Å². The first-order valence-electron chi connectivity index (χ1n) is 11.8. The van der Waals surface area contributed by atoms with Crippen molar-refractivity contribution in [2.24, 2.45) is 10.7 Å². The Balaban J connectivity index is 1.81. The summed E-state index contributed by atoms with van der Waals surface area (Å²) in [7, 11) is 0. The number of carbonyl (C=O) groups is 1. The molecule has 0 aliphatic rings. The minimum absolute atomic E-state index is 0.0547. The molecule has 2 aromatic carbocycles. The van der Waals surface area contributed by atoms with Crippen molar-refractivity contribution in [3.05, 3.63) is 94.9 Å². The molecular formula is C28H33ClN6O2. The number of ether oxygens (including phenoxy) is 1. The number of amides is 2. The van der Waals surface area contributed by atoms with Gasteiger partial charge in [-0.3, -0.25) is 5.32 Å². The standard InChI is InChI=1S/C28H33ClN6O2/c1-18-7-10-22(11-8-18)35-25(16-24(34-35)28(4,5)6)33-27(36)31-17-21-15-19(2)9-12-23(21)37-26(13-14-30)32-20(3)29/h7-16H,3,17,30H2,1-2,4-6H3,(H2,31,33,36)/b14-13-,32-26?. The molecule has 0 saturated carbocycles. The van der Waals surface area contributed by atoms with Crippen molar-refractivity contribution in [1.82, 2.24) is 15.1 Å². The highest BCUT2D eigenvalue weighted by Crippen LogP contribution is 2.27. The van der Waals surface area contributed by atoms with Crippen molar-refractivity contribution < 1.29 is 9.53 Å². The fourth-order valence-corrected chi connectivity index (χ4v) is 3.49. The Kier molecular flexibility index (Phi) is 8.78. The molecule has 0 unspecified atom stereocenters. The van der Waals surface area contributed by atoms with Crippen LogP contribution in [0.2, 0.25) is 0 Å². The van der Waals surface area contributed by atoms with E-state index in [0.29, 0.717) is 11.6 Å². The Morgan fingerprint density at radius 1 is 1.16 bits per heavy atom. The number of nitrogens with two attached hydrogens (primary N) is 1. The fourth-order valence-electron chi connectivity index (χ4n) is 3.41. The molecule has 3 aromatic rings. The molecule has 0 aliphatic heterocycles. The average molecular weight is 521 g/mol. The number of aliphatic imine (C=N–C) groups is 1. The quantitative estimate of drug-likeness (QED) is 0.200. The molecule has 0 atom stereocenters. The highest BCUT2D eigenvalue weighted by atomic mass is 35.5. The molecule has 0 saturated heterocycles. The lowest BCUT2D eigenvalue weighted by Crippen LogP contribution is -2.29. The number of anilines is 1. The zero-order valence-electron chi connectivity index (χ0n) is 21.8. The number of hydrogen-bond donors (Lipinski definition) is 3. The molecule has 2 amide bonds. The largest absolute Gasteiger partial charge is 0.439 e. The molecule has 8 nitrogen and oxygen atoms in total. The van der Waals surface area contributed by atoms with E-state index in [1.54, 1.807) is 10.7 Å². The monoisotopic (exact) mass is 520 g/mol. The molecule has 0 fully saturated rings. The Bertz CT molecular complexity index is 1330. The molecule has 3 rings (SSSR count). The number of hydrogen-bond acceptors (Lipinski definition) is 5. The van der Waals surface area contributed by atoms with Gasteiger partial charge in [0.05, 0.1) is 11.4 Å². The summed E-state index contributed by atoms with van der Waals surface area (Å²) >= 11 is 5.80. The van der Waals surface area contributed by atoms with E-state index in [0.717, 1.165) is 28.1 Å². The van der Waals surface area contributed by atoms with E-state index in [1.165, 1.54) is 12.3 Å². The summed E-state index contributed by atoms with van der Waals surface area (Å²) in [6, 6.07) is 15.1. The molecule has 0 aliphatic carbocycles. The molecule has 0 radical (unpaired) electrons. The summed E-state index contributed by atoms with van der Waals surface area (Å²) in [4.78, 5) is 17.0. The molecule has 37 heavy (non-hydrogen) atoms. The van der Waals surface area contributed by atoms with Crippen LogP contribution >= 0.6 is 11.6 Å². The summed E-state index contributed by atoms with van der Waals surface area (Å²) in [6.07, 6.45) is 2.76. The second-order valence-corrected chi connectivity index (χ2v) is 10.1. The number of halogens is 1. The van der Waals surface area contributed by atoms with E-state index in [2.05, 4.69) is 43.0 Å². The van der Waals surface area contributed by atoms with Gasteiger partial charge < -0.3 is 15.8 Å². The van der Waals surface area contributed by atoms with Crippen molar-refractivity contribution >= 4 is 29.3 Å². The SMILES string of the molecule is C=C(Cl)N=C(/C=C\N)Oc1ccc(C)cc1CNC(=O)Nc1cc(C(C)(C)C)nn1-c1ccc(C)cc1. The van der Waals surface area contributed by atoms with Gasteiger partial charge in [0.1, 0.15) is 16.7 Å². The molecule has 9 heteroatoms. The molecule has 0 spiro atoms. The molecule has 1 aromatic heterocycles. The van der Waals surface area contributed by atoms with Crippen molar-refractivity contribution in [1.29, 1.82) is 0 Å². The van der Waals surface area contributed by atoms with Gasteiger partial charge in [0.15, 0.2) is 0 Å². The summed E-state index contributed by atoms with van der Waals surface area (Å²) in [5, 5.41) is 10.6. The number of rotatable bonds is 7. The zero-order valence-corrected chi connectivity index (χ0v) is 22.6. The minimum atomic E-state index is -0.383. The van der Waals surface area contributed by atoms with Gasteiger partial charge in [0.2, 0.25) is 5.90 Å². The summed E-state index contributed by atoms with van der Waals surface area (Å²) in [5.74, 6) is 1.24. The molecule has 194 valence electrons. The maximum atomic E-state index is 13.0. The lowest BCUT2D eigenvalue weighted by molar-refractivity contribution is 0.251. The third kappa shape index (κ3) is 7.72. The van der Waals surface area contributed by atoms with E-state index in [1.807, 2.05) is 56.3 Å². The molecule has 0 bridgehead atoms. The highest BCUT2D eigenvalue weighted by Gasteiger charge is 2.21. The Hall–Kier alpha value is -4.04. The Labute approximate surface area is 222 Å². The van der Waals surface area contributed by atoms with Gasteiger partial charge in [0.25, 0.3) is 0 Å². The van der Waals surface area contributed by atoms with E-state index >= 15 is 0 Å². The lowest BCUT2D eigenvalue weighted by atomic mass is 9.92. The van der Waals surface area contributed by atoms with Gasteiger partial charge >= 0.3 is 6.03 Å². The maximum absolute atomic E-state index is 13.0. The van der Waals surface area contributed by atoms with Crippen LogP contribution in [0.4, 0.5) is 10.6 Å². The van der Waals surface area contributed by atoms with Gasteiger partial charge in [0, 0.05) is 29.7 Å². The second kappa shape index (κ2) is 11.8. The third-order valence-electron chi connectivity index (χ3n) is 5.34. The van der Waals surface area contributed by atoms with Crippen LogP contribution in [0, 0.1) is 13.8 Å². The van der Waals surface area contributed by atoms with Crippen LogP contribution in [-0.4, -0.2) is 21.7 Å². The van der Waals surface area contributed by atoms with E-state index in [-0.39, 0.29) is 29.0 Å². The number of aromatic nitrogens is 2. The van der Waals surface area contributed by atoms with Crippen molar-refractivity contribution in [3.8, 4) is 11.4 Å². The van der Waals surface area contributed by atoms with E-state index < -0.39 is 0 Å². The zero-order chi connectivity index (χ0) is 27.2. The van der Waals surface area contributed by atoms with Crippen LogP contribution in [0.3, 0.4) is 0 Å². The van der Waals surface area contributed by atoms with Crippen LogP contribution < -0.4 is 21.1 Å². The van der Waals surface area contributed by atoms with Crippen LogP contribution in [0.5, 0.6) is 5.75 Å². The topological polar surface area (TPSA) is 107 Å². The average Bonchev–Trinajstić information content (AvgIpc) is 3.23. The smallest absolute Gasteiger partial charge is 0.320 e. The van der Waals surface area contributed by atoms with Gasteiger partial charge in [-0.15, -0.1) is 0 Å². The normalized spacial score (nSPS) is 12.0. The fraction of sp³-hybridized carbons (Fsp3) is 0.250. The summed E-state index contributed by atoms with van der Waals surface area (Å²) in [5.41, 5.74) is 9.91. The number of benzene rings is 2. The Morgan fingerprint density at radius 3 is 2.46 bits per heavy atom. The van der Waals surface area contributed by atoms with Gasteiger partial charge in [-0.25, -0.2) is 14.5 Å². The summed E-state index contributed by atoms with van der Waals surface area (Å²) < 4.78 is 7.62. The predicted octanol–water partition coefficient (Wildman–Crippen LogP) is 6.07. The van der Waals surface area contributed by atoms with Crippen LogP contribution in [0.15, 0.2) is 77.5 Å². The second-order valence-electron chi connectivity index (χ2n) is 9.62. The van der Waals surface area contributed by atoms with Crippen molar-refractivity contribution in [2.45, 2.75) is 46.6 Å². The van der Waals surface area contributed by atoms with Crippen molar-refractivity contribution in [3.63, 3.8) is 0 Å². The van der Waals surface area contributed by atoms with Gasteiger partial charge in [-0.1, -0.05) is 74.3 Å². The first-order chi connectivity index (χ1) is 17.5. The number of nitrogens with one attached hydrogen (secondary N) is 2. The number of aryl methyl sites for hydroxylation is 2. The first-order valence-corrected chi connectivity index (χ1v) is 12.2. The number of nitrogens with zero attached hydrogens (tertiary/aromatic N) is 3. The highest BCUT2D eigenvalue weighted by molar-refractivity contribution is 6.29. The molecule has 4 N–H and O–H groups in total. The first kappa shape index (κ1) is 27.5. The maximum Gasteiger partial charge on any atom is 0.320 e.